The molecule has 1 aliphatic carbocycles. The predicted octanol–water partition coefficient (Wildman–Crippen LogP) is 3.43. The third kappa shape index (κ3) is 5.14. The first-order valence-electron chi connectivity index (χ1n) is 7.49. The molecular weight excluding hydrogens is 304 g/mol. The molecule has 1 aromatic carbocycles. The Morgan fingerprint density at radius 2 is 1.74 bits per heavy atom. The van der Waals surface area contributed by atoms with Gasteiger partial charge in [0.25, 0.3) is 0 Å². The summed E-state index contributed by atoms with van der Waals surface area (Å²) < 4.78 is 10.1. The van der Waals surface area contributed by atoms with Crippen LogP contribution < -0.4 is 4.74 Å². The number of carbonyl (C=O) groups is 2. The fourth-order valence-corrected chi connectivity index (χ4v) is 2.44. The minimum Gasteiger partial charge on any atom is -0.496 e. The van der Waals surface area contributed by atoms with E-state index in [1.54, 1.807) is 18.2 Å². The summed E-state index contributed by atoms with van der Waals surface area (Å²) >= 11 is 0. The maximum Gasteiger partial charge on any atom is 0.543 e. The summed E-state index contributed by atoms with van der Waals surface area (Å²) in [6.07, 6.45) is 2.36. The van der Waals surface area contributed by atoms with Gasteiger partial charge in [0.2, 0.25) is 0 Å². The lowest BCUT2D eigenvalue weighted by Crippen LogP contribution is -2.24. The van der Waals surface area contributed by atoms with Crippen LogP contribution in [0.15, 0.2) is 24.3 Å². The van der Waals surface area contributed by atoms with Crippen molar-refractivity contribution in [2.24, 2.45) is 5.92 Å². The zero-order valence-corrected chi connectivity index (χ0v) is 13.2. The number of hydrogen-bond acceptors (Lipinski definition) is 7. The molecule has 0 saturated heterocycles. The molecule has 0 amide bonds. The number of ether oxygens (including phenoxy) is 2. The van der Waals surface area contributed by atoms with E-state index < -0.39 is 12.1 Å². The highest BCUT2D eigenvalue weighted by Gasteiger charge is 2.23. The Morgan fingerprint density at radius 3 is 2.43 bits per heavy atom. The summed E-state index contributed by atoms with van der Waals surface area (Å²) in [6, 6.07) is 6.43. The van der Waals surface area contributed by atoms with Gasteiger partial charge in [-0.05, 0) is 43.7 Å². The molecule has 0 radical (unpaired) electrons. The molecule has 0 aliphatic heterocycles. The van der Waals surface area contributed by atoms with E-state index >= 15 is 0 Å². The van der Waals surface area contributed by atoms with E-state index in [4.69, 9.17) is 9.47 Å². The van der Waals surface area contributed by atoms with Crippen LogP contribution in [-0.2, 0) is 19.6 Å². The van der Waals surface area contributed by atoms with Crippen LogP contribution in [0.5, 0.6) is 5.75 Å². The van der Waals surface area contributed by atoms with Gasteiger partial charge in [0.1, 0.15) is 17.4 Å². The Balaban J connectivity index is 1.72. The van der Waals surface area contributed by atoms with Crippen LogP contribution in [-0.4, -0.2) is 25.3 Å². The molecule has 1 saturated carbocycles. The predicted molar refractivity (Wildman–Crippen MR) is 78.5 cm³/mol. The lowest BCUT2D eigenvalue weighted by atomic mass is 9.89. The monoisotopic (exact) mass is 324 g/mol. The van der Waals surface area contributed by atoms with Crippen molar-refractivity contribution in [1.82, 2.24) is 0 Å². The van der Waals surface area contributed by atoms with Crippen LogP contribution in [0, 0.1) is 5.92 Å². The van der Waals surface area contributed by atoms with Crippen molar-refractivity contribution >= 4 is 12.1 Å². The standard InChI is InChI=1S/C16H20O7/c1-11-7-9-12(10-8-11)20-16(18)22-23-21-15(17)13-5-3-4-6-14(13)19-2/h3-6,11-12H,7-10H2,1-2H3. The van der Waals surface area contributed by atoms with Gasteiger partial charge in [0.15, 0.2) is 0 Å². The first kappa shape index (κ1) is 17.1. The minimum absolute atomic E-state index is 0.147. The molecule has 0 atom stereocenters. The molecule has 1 fully saturated rings. The molecular formula is C16H20O7. The van der Waals surface area contributed by atoms with Gasteiger partial charge in [0, 0.05) is 0 Å². The number of benzene rings is 1. The summed E-state index contributed by atoms with van der Waals surface area (Å²) in [5, 5.41) is 4.19. The Bertz CT molecular complexity index is 535. The van der Waals surface area contributed by atoms with E-state index in [0.717, 1.165) is 25.7 Å². The molecule has 2 rings (SSSR count). The highest BCUT2D eigenvalue weighted by molar-refractivity contribution is 5.92. The molecule has 0 unspecified atom stereocenters. The fourth-order valence-electron chi connectivity index (χ4n) is 2.44. The van der Waals surface area contributed by atoms with Crippen molar-refractivity contribution in [3.8, 4) is 5.75 Å². The van der Waals surface area contributed by atoms with E-state index in [-0.39, 0.29) is 11.7 Å². The second kappa shape index (κ2) is 8.38. The topological polar surface area (TPSA) is 80.3 Å². The van der Waals surface area contributed by atoms with E-state index in [9.17, 15) is 9.59 Å². The zero-order chi connectivity index (χ0) is 16.7. The van der Waals surface area contributed by atoms with Crippen LogP contribution >= 0.6 is 0 Å². The molecule has 0 aromatic heterocycles. The average molecular weight is 324 g/mol. The largest absolute Gasteiger partial charge is 0.543 e. The maximum atomic E-state index is 11.8. The second-order valence-corrected chi connectivity index (χ2v) is 5.47. The molecule has 126 valence electrons. The highest BCUT2D eigenvalue weighted by Crippen LogP contribution is 2.25. The Hall–Kier alpha value is -2.28. The lowest BCUT2D eigenvalue weighted by Gasteiger charge is -2.24. The van der Waals surface area contributed by atoms with Gasteiger partial charge in [-0.1, -0.05) is 19.1 Å². The van der Waals surface area contributed by atoms with E-state index in [0.29, 0.717) is 11.7 Å². The van der Waals surface area contributed by atoms with Gasteiger partial charge in [-0.2, -0.15) is 0 Å². The zero-order valence-electron chi connectivity index (χ0n) is 13.2. The molecule has 0 bridgehead atoms. The molecule has 7 heteroatoms. The van der Waals surface area contributed by atoms with Crippen LogP contribution in [0.3, 0.4) is 0 Å². The molecule has 0 N–H and O–H groups in total. The molecule has 1 aromatic rings. The van der Waals surface area contributed by atoms with E-state index in [1.807, 2.05) is 0 Å². The SMILES string of the molecule is COc1ccccc1C(=O)OOOC(=O)OC1CCC(C)CC1. The molecule has 1 aliphatic rings. The number of carbonyl (C=O) groups excluding carboxylic acids is 2. The van der Waals surface area contributed by atoms with Gasteiger partial charge in [-0.25, -0.2) is 14.5 Å². The molecule has 0 heterocycles. The summed E-state index contributed by atoms with van der Waals surface area (Å²) in [7, 11) is 1.42. The first-order chi connectivity index (χ1) is 11.1. The Kier molecular flexibility index (Phi) is 6.22. The quantitative estimate of drug-likeness (QED) is 0.466. The summed E-state index contributed by atoms with van der Waals surface area (Å²) in [4.78, 5) is 31.9. The number of rotatable bonds is 5. The smallest absolute Gasteiger partial charge is 0.496 e. The molecule has 0 spiro atoms. The fraction of sp³-hybridized carbons (Fsp3) is 0.500. The molecule has 7 nitrogen and oxygen atoms in total. The van der Waals surface area contributed by atoms with Crippen molar-refractivity contribution in [3.63, 3.8) is 0 Å². The van der Waals surface area contributed by atoms with Gasteiger partial charge < -0.3 is 9.47 Å². The van der Waals surface area contributed by atoms with Gasteiger partial charge >= 0.3 is 12.1 Å². The van der Waals surface area contributed by atoms with E-state index in [2.05, 4.69) is 21.7 Å². The Labute approximate surface area is 134 Å². The maximum absolute atomic E-state index is 11.8. The number of methoxy groups -OCH3 is 1. The normalized spacial score (nSPS) is 20.4. The second-order valence-electron chi connectivity index (χ2n) is 5.47. The van der Waals surface area contributed by atoms with Gasteiger partial charge in [-0.15, -0.1) is 0 Å². The Morgan fingerprint density at radius 1 is 1.04 bits per heavy atom. The van der Waals surface area contributed by atoms with Crippen LogP contribution in [0.4, 0.5) is 4.79 Å². The van der Waals surface area contributed by atoms with Crippen molar-refractivity contribution in [2.45, 2.75) is 38.7 Å². The van der Waals surface area contributed by atoms with Gasteiger partial charge in [0.05, 0.1) is 12.1 Å². The van der Waals surface area contributed by atoms with Gasteiger partial charge in [-0.3, -0.25) is 4.89 Å². The lowest BCUT2D eigenvalue weighted by molar-refractivity contribution is -0.453. The highest BCUT2D eigenvalue weighted by atomic mass is 17.5. The number of para-hydroxylation sites is 1. The first-order valence-corrected chi connectivity index (χ1v) is 7.49. The van der Waals surface area contributed by atoms with Crippen molar-refractivity contribution in [2.75, 3.05) is 7.11 Å². The van der Waals surface area contributed by atoms with Crippen LogP contribution in [0.25, 0.3) is 0 Å². The van der Waals surface area contributed by atoms with Crippen LogP contribution in [0.1, 0.15) is 43.0 Å². The summed E-state index contributed by atoms with van der Waals surface area (Å²) in [5.74, 6) is 0.116. The average Bonchev–Trinajstić information content (AvgIpc) is 2.56. The van der Waals surface area contributed by atoms with E-state index in [1.165, 1.54) is 13.2 Å². The van der Waals surface area contributed by atoms with Crippen molar-refractivity contribution < 1.29 is 33.9 Å². The minimum atomic E-state index is -1.03. The van der Waals surface area contributed by atoms with Crippen molar-refractivity contribution in [1.29, 1.82) is 0 Å². The third-order valence-electron chi connectivity index (χ3n) is 3.76. The van der Waals surface area contributed by atoms with Crippen LogP contribution in [0.2, 0.25) is 0 Å². The number of hydrogen-bond donors (Lipinski definition) is 0. The molecule has 23 heavy (non-hydrogen) atoms. The van der Waals surface area contributed by atoms with Crippen molar-refractivity contribution in [3.05, 3.63) is 29.8 Å². The summed E-state index contributed by atoms with van der Waals surface area (Å²) in [6.45, 7) is 2.16. The third-order valence-corrected chi connectivity index (χ3v) is 3.76. The summed E-state index contributed by atoms with van der Waals surface area (Å²) in [5.41, 5.74) is 0.147.